The molecule has 0 fully saturated rings. The molecule has 4 nitrogen and oxygen atoms in total. The Kier molecular flexibility index (Phi) is 7.63. The third-order valence-corrected chi connectivity index (χ3v) is 7.81. The molecule has 0 atom stereocenters. The van der Waals surface area contributed by atoms with Crippen LogP contribution in [0.3, 0.4) is 0 Å². The Morgan fingerprint density at radius 3 is 2.16 bits per heavy atom. The molecule has 0 unspecified atom stereocenters. The second-order valence-corrected chi connectivity index (χ2v) is 10.8. The standard InChI is InChI=1S/C30H20Cl2F7N3O/c1-16-8-11-25-21(12-16)20(17(2)41(25)15-18-9-10-23(31)24(32)13-18)14-22-26(28(33,34)29(35,36)30(37,38)39)40-42(27(22)43)19-6-4-3-5-7-19/h3-14H,15H2,1-2H3/b22-14+. The number of amides is 1. The first kappa shape index (κ1) is 30.6. The lowest BCUT2D eigenvalue weighted by Crippen LogP contribution is -2.56. The molecule has 0 saturated carbocycles. The van der Waals surface area contributed by atoms with Crippen LogP contribution in [0, 0.1) is 13.8 Å². The Hall–Kier alpha value is -3.83. The van der Waals surface area contributed by atoms with Crippen molar-refractivity contribution in [2.75, 3.05) is 5.01 Å². The number of para-hydroxylation sites is 1. The van der Waals surface area contributed by atoms with E-state index in [0.717, 1.165) is 11.6 Å². The van der Waals surface area contributed by atoms with Crippen LogP contribution in [0.15, 0.2) is 77.4 Å². The highest BCUT2D eigenvalue weighted by atomic mass is 35.5. The zero-order valence-electron chi connectivity index (χ0n) is 22.3. The minimum atomic E-state index is -6.63. The number of anilines is 1. The van der Waals surface area contributed by atoms with Crippen molar-refractivity contribution in [3.05, 3.63) is 105 Å². The summed E-state index contributed by atoms with van der Waals surface area (Å²) in [7, 11) is 0. The number of fused-ring (bicyclic) bond motifs is 1. The van der Waals surface area contributed by atoms with E-state index in [4.69, 9.17) is 23.2 Å². The van der Waals surface area contributed by atoms with Gasteiger partial charge in [-0.2, -0.15) is 40.8 Å². The predicted octanol–water partition coefficient (Wildman–Crippen LogP) is 9.23. The van der Waals surface area contributed by atoms with E-state index >= 15 is 8.78 Å². The predicted molar refractivity (Wildman–Crippen MR) is 152 cm³/mol. The number of benzene rings is 3. The minimum Gasteiger partial charge on any atom is -0.340 e. The maximum absolute atomic E-state index is 15.2. The number of hydrazone groups is 1. The molecule has 224 valence electrons. The fraction of sp³-hybridized carbons (Fsp3) is 0.200. The Bertz CT molecular complexity index is 1810. The Labute approximate surface area is 250 Å². The van der Waals surface area contributed by atoms with Gasteiger partial charge in [0.25, 0.3) is 5.91 Å². The maximum Gasteiger partial charge on any atom is 0.460 e. The third kappa shape index (κ3) is 5.18. The van der Waals surface area contributed by atoms with Crippen molar-refractivity contribution in [3.8, 4) is 0 Å². The normalized spacial score (nSPS) is 15.6. The van der Waals surface area contributed by atoms with Crippen molar-refractivity contribution in [2.24, 2.45) is 5.10 Å². The summed E-state index contributed by atoms with van der Waals surface area (Å²) >= 11 is 12.2. The fourth-order valence-electron chi connectivity index (χ4n) is 4.82. The summed E-state index contributed by atoms with van der Waals surface area (Å²) in [6.07, 6.45) is -5.73. The first-order chi connectivity index (χ1) is 20.0. The number of hydrogen-bond acceptors (Lipinski definition) is 2. The molecule has 1 aliphatic heterocycles. The largest absolute Gasteiger partial charge is 0.460 e. The van der Waals surface area contributed by atoms with Crippen molar-refractivity contribution in [3.63, 3.8) is 0 Å². The number of carbonyl (C=O) groups is 1. The van der Waals surface area contributed by atoms with Crippen LogP contribution in [0.25, 0.3) is 17.0 Å². The van der Waals surface area contributed by atoms with E-state index in [9.17, 15) is 26.7 Å². The van der Waals surface area contributed by atoms with Gasteiger partial charge in [0.05, 0.1) is 21.3 Å². The Morgan fingerprint density at radius 1 is 0.860 bits per heavy atom. The van der Waals surface area contributed by atoms with Crippen molar-refractivity contribution >= 4 is 57.5 Å². The van der Waals surface area contributed by atoms with Gasteiger partial charge in [-0.15, -0.1) is 0 Å². The van der Waals surface area contributed by atoms with Gasteiger partial charge < -0.3 is 4.57 Å². The highest BCUT2D eigenvalue weighted by molar-refractivity contribution is 6.42. The Balaban J connectivity index is 1.73. The van der Waals surface area contributed by atoms with E-state index in [1.807, 2.05) is 0 Å². The summed E-state index contributed by atoms with van der Waals surface area (Å²) < 4.78 is 100. The molecule has 5 rings (SSSR count). The lowest BCUT2D eigenvalue weighted by atomic mass is 9.96. The molecular formula is C30H20Cl2F7N3O. The topological polar surface area (TPSA) is 37.6 Å². The number of nitrogens with zero attached hydrogens (tertiary/aromatic N) is 3. The maximum atomic E-state index is 15.2. The second kappa shape index (κ2) is 10.7. The summed E-state index contributed by atoms with van der Waals surface area (Å²) in [6.45, 7) is 3.57. The minimum absolute atomic E-state index is 0.103. The molecule has 0 aliphatic carbocycles. The van der Waals surface area contributed by atoms with Crippen molar-refractivity contribution in [2.45, 2.75) is 38.4 Å². The van der Waals surface area contributed by atoms with E-state index in [1.165, 1.54) is 30.3 Å². The first-order valence-electron chi connectivity index (χ1n) is 12.6. The number of aromatic nitrogens is 1. The number of rotatable bonds is 6. The number of aryl methyl sites for hydroxylation is 1. The van der Waals surface area contributed by atoms with Gasteiger partial charge in [0.1, 0.15) is 0 Å². The van der Waals surface area contributed by atoms with E-state index in [2.05, 4.69) is 5.10 Å². The molecule has 13 heteroatoms. The van der Waals surface area contributed by atoms with Gasteiger partial charge in [0.15, 0.2) is 5.71 Å². The van der Waals surface area contributed by atoms with Gasteiger partial charge in [0, 0.05) is 28.7 Å². The summed E-state index contributed by atoms with van der Waals surface area (Å²) in [5, 5.41) is 4.80. The van der Waals surface area contributed by atoms with Crippen molar-refractivity contribution in [1.82, 2.24) is 4.57 Å². The average Bonchev–Trinajstić information content (AvgIpc) is 3.40. The number of hydrogen-bond donors (Lipinski definition) is 0. The van der Waals surface area contributed by atoms with Crippen LogP contribution >= 0.6 is 23.2 Å². The van der Waals surface area contributed by atoms with Crippen LogP contribution in [0.2, 0.25) is 10.0 Å². The van der Waals surface area contributed by atoms with E-state index < -0.39 is 35.2 Å². The van der Waals surface area contributed by atoms with Crippen LogP contribution in [0.5, 0.6) is 0 Å². The van der Waals surface area contributed by atoms with Crippen LogP contribution in [-0.4, -0.2) is 34.2 Å². The zero-order valence-corrected chi connectivity index (χ0v) is 23.8. The quantitative estimate of drug-likeness (QED) is 0.153. The van der Waals surface area contributed by atoms with Gasteiger partial charge in [-0.25, -0.2) is 0 Å². The van der Waals surface area contributed by atoms with E-state index in [1.54, 1.807) is 54.8 Å². The monoisotopic (exact) mass is 641 g/mol. The summed E-state index contributed by atoms with van der Waals surface area (Å²) in [4.78, 5) is 13.5. The molecule has 0 bridgehead atoms. The molecular weight excluding hydrogens is 622 g/mol. The average molecular weight is 642 g/mol. The highest BCUT2D eigenvalue weighted by Gasteiger charge is 2.76. The summed E-state index contributed by atoms with van der Waals surface area (Å²) in [5.74, 6) is -13.7. The molecule has 0 N–H and O–H groups in total. The smallest absolute Gasteiger partial charge is 0.340 e. The molecule has 4 aromatic rings. The van der Waals surface area contributed by atoms with E-state index in [0.29, 0.717) is 32.2 Å². The number of alkyl halides is 7. The molecule has 0 radical (unpaired) electrons. The van der Waals surface area contributed by atoms with Crippen molar-refractivity contribution in [1.29, 1.82) is 0 Å². The Morgan fingerprint density at radius 2 is 1.53 bits per heavy atom. The third-order valence-electron chi connectivity index (χ3n) is 7.07. The highest BCUT2D eigenvalue weighted by Crippen LogP contribution is 2.49. The van der Waals surface area contributed by atoms with Crippen LogP contribution in [0.1, 0.15) is 22.4 Å². The first-order valence-corrected chi connectivity index (χ1v) is 13.4. The van der Waals surface area contributed by atoms with Gasteiger partial charge in [-0.3, -0.25) is 4.79 Å². The zero-order chi connectivity index (χ0) is 31.5. The van der Waals surface area contributed by atoms with Gasteiger partial charge in [0.2, 0.25) is 0 Å². The van der Waals surface area contributed by atoms with Gasteiger partial charge >= 0.3 is 18.0 Å². The second-order valence-electron chi connectivity index (χ2n) is 9.96. The molecule has 1 aromatic heterocycles. The molecule has 0 saturated heterocycles. The van der Waals surface area contributed by atoms with Gasteiger partial charge in [-0.1, -0.05) is 59.1 Å². The SMILES string of the molecule is Cc1ccc2c(c1)c(/C=C1/C(=O)N(c3ccccc3)N=C1C(F)(F)C(F)(F)C(F)(F)F)c(C)n2Cc1ccc(Cl)c(Cl)c1. The lowest BCUT2D eigenvalue weighted by molar-refractivity contribution is -0.336. The lowest BCUT2D eigenvalue weighted by Gasteiger charge is -2.27. The number of halogens is 9. The molecule has 43 heavy (non-hydrogen) atoms. The number of carbonyl (C=O) groups excluding carboxylic acids is 1. The fourth-order valence-corrected chi connectivity index (χ4v) is 5.14. The summed E-state index contributed by atoms with van der Waals surface area (Å²) in [5.41, 5.74) is -0.597. The van der Waals surface area contributed by atoms with Crippen LogP contribution in [0.4, 0.5) is 36.4 Å². The molecule has 3 aromatic carbocycles. The molecule has 0 spiro atoms. The van der Waals surface area contributed by atoms with E-state index in [-0.39, 0.29) is 22.8 Å². The molecule has 1 aliphatic rings. The van der Waals surface area contributed by atoms with Crippen molar-refractivity contribution < 1.29 is 35.5 Å². The molecule has 1 amide bonds. The van der Waals surface area contributed by atoms with Crippen LogP contribution in [-0.2, 0) is 11.3 Å². The summed E-state index contributed by atoms with van der Waals surface area (Å²) in [6, 6.07) is 17.1. The van der Waals surface area contributed by atoms with Gasteiger partial charge in [-0.05, 0) is 61.9 Å². The van der Waals surface area contributed by atoms with Crippen LogP contribution < -0.4 is 5.01 Å². The molecule has 2 heterocycles.